The molecule has 0 amide bonds. The first-order chi connectivity index (χ1) is 7.58. The van der Waals surface area contributed by atoms with E-state index in [1.165, 1.54) is 18.4 Å². The van der Waals surface area contributed by atoms with Crippen molar-refractivity contribution in [2.24, 2.45) is 5.92 Å². The maximum Gasteiger partial charge on any atom is 0.357 e. The molecule has 0 saturated heterocycles. The number of hydrogen-bond acceptors (Lipinski definition) is 5. The van der Waals surface area contributed by atoms with Gasteiger partial charge in [-0.15, -0.1) is 11.3 Å². The average Bonchev–Trinajstić information content (AvgIpc) is 2.66. The van der Waals surface area contributed by atoms with Crippen LogP contribution in [-0.2, 0) is 4.74 Å². The summed E-state index contributed by atoms with van der Waals surface area (Å²) in [6.07, 6.45) is 1.13. The Balaban J connectivity index is 2.66. The zero-order chi connectivity index (χ0) is 12.1. The molecular weight excluding hydrogens is 224 g/mol. The second-order valence-corrected chi connectivity index (χ2v) is 5.01. The summed E-state index contributed by atoms with van der Waals surface area (Å²) in [4.78, 5) is 16.4. The number of methoxy groups -OCH3 is 1. The van der Waals surface area contributed by atoms with Crippen LogP contribution in [0.25, 0.3) is 0 Å². The second-order valence-electron chi connectivity index (χ2n) is 3.81. The van der Waals surface area contributed by atoms with E-state index in [4.69, 9.17) is 0 Å². The quantitative estimate of drug-likeness (QED) is 0.807. The van der Waals surface area contributed by atoms with E-state index in [9.17, 15) is 4.79 Å². The van der Waals surface area contributed by atoms with Crippen LogP contribution in [0.5, 0.6) is 0 Å². The molecule has 4 nitrogen and oxygen atoms in total. The van der Waals surface area contributed by atoms with Gasteiger partial charge in [-0.2, -0.15) is 0 Å². The van der Waals surface area contributed by atoms with Crippen molar-refractivity contribution in [3.8, 4) is 0 Å². The van der Waals surface area contributed by atoms with Crippen LogP contribution in [0.2, 0.25) is 0 Å². The van der Waals surface area contributed by atoms with Gasteiger partial charge in [-0.3, -0.25) is 0 Å². The molecule has 0 radical (unpaired) electrons. The van der Waals surface area contributed by atoms with Gasteiger partial charge in [0, 0.05) is 11.4 Å². The molecule has 0 aliphatic heterocycles. The predicted molar refractivity (Wildman–Crippen MR) is 66.1 cm³/mol. The summed E-state index contributed by atoms with van der Waals surface area (Å²) in [7, 11) is 1.37. The molecule has 0 aliphatic rings. The minimum atomic E-state index is -0.370. The molecule has 1 unspecified atom stereocenters. The highest BCUT2D eigenvalue weighted by Crippen LogP contribution is 2.22. The fourth-order valence-electron chi connectivity index (χ4n) is 1.16. The molecule has 16 heavy (non-hydrogen) atoms. The maximum atomic E-state index is 11.3. The molecule has 1 atom stereocenters. The molecule has 0 bridgehead atoms. The first-order valence-electron chi connectivity index (χ1n) is 5.38. The Morgan fingerprint density at radius 1 is 1.62 bits per heavy atom. The third-order valence-electron chi connectivity index (χ3n) is 2.47. The van der Waals surface area contributed by atoms with Crippen LogP contribution in [0.1, 0.15) is 35.6 Å². The van der Waals surface area contributed by atoms with Gasteiger partial charge in [0.2, 0.25) is 0 Å². The minimum absolute atomic E-state index is 0.370. The number of nitrogens with zero attached hydrogens (tertiary/aromatic N) is 1. The monoisotopic (exact) mass is 242 g/mol. The first-order valence-corrected chi connectivity index (χ1v) is 6.19. The van der Waals surface area contributed by atoms with E-state index in [2.05, 4.69) is 28.9 Å². The van der Waals surface area contributed by atoms with Crippen molar-refractivity contribution < 1.29 is 9.53 Å². The van der Waals surface area contributed by atoms with Gasteiger partial charge in [-0.1, -0.05) is 20.3 Å². The average molecular weight is 242 g/mol. The number of anilines is 1. The van der Waals surface area contributed by atoms with Gasteiger partial charge < -0.3 is 10.1 Å². The number of rotatable bonds is 5. The molecule has 1 heterocycles. The van der Waals surface area contributed by atoms with Gasteiger partial charge in [0.1, 0.15) is 0 Å². The normalized spacial score (nSPS) is 12.2. The summed E-state index contributed by atoms with van der Waals surface area (Å²) in [5.41, 5.74) is 0.416. The Kier molecular flexibility index (Phi) is 4.73. The van der Waals surface area contributed by atoms with Crippen LogP contribution in [0.15, 0.2) is 0 Å². The molecule has 90 valence electrons. The highest BCUT2D eigenvalue weighted by molar-refractivity contribution is 7.15. The van der Waals surface area contributed by atoms with Crippen LogP contribution in [-0.4, -0.2) is 24.6 Å². The van der Waals surface area contributed by atoms with E-state index >= 15 is 0 Å². The number of nitrogens with one attached hydrogen (secondary N) is 1. The van der Waals surface area contributed by atoms with Crippen LogP contribution in [0.4, 0.5) is 5.13 Å². The molecule has 0 aliphatic carbocycles. The molecule has 1 N–H and O–H groups in total. The van der Waals surface area contributed by atoms with Crippen LogP contribution < -0.4 is 5.32 Å². The third-order valence-corrected chi connectivity index (χ3v) is 3.40. The lowest BCUT2D eigenvalue weighted by atomic mass is 10.1. The zero-order valence-corrected chi connectivity index (χ0v) is 11.0. The molecule has 1 aromatic rings. The van der Waals surface area contributed by atoms with Gasteiger partial charge >= 0.3 is 5.97 Å². The summed E-state index contributed by atoms with van der Waals surface area (Å²) < 4.78 is 4.65. The number of aromatic nitrogens is 1. The highest BCUT2D eigenvalue weighted by atomic mass is 32.1. The SMILES string of the molecule is CCC(C)CNc1nc(C(=O)OC)c(C)s1. The maximum absolute atomic E-state index is 11.3. The van der Waals surface area contributed by atoms with Crippen molar-refractivity contribution in [2.75, 3.05) is 19.0 Å². The number of hydrogen-bond donors (Lipinski definition) is 1. The van der Waals surface area contributed by atoms with Crippen LogP contribution in [0, 0.1) is 12.8 Å². The van der Waals surface area contributed by atoms with Crippen LogP contribution in [0.3, 0.4) is 0 Å². The van der Waals surface area contributed by atoms with E-state index in [-0.39, 0.29) is 5.97 Å². The van der Waals surface area contributed by atoms with E-state index in [0.29, 0.717) is 11.6 Å². The number of carbonyl (C=O) groups is 1. The van der Waals surface area contributed by atoms with Gasteiger partial charge in [0.25, 0.3) is 0 Å². The van der Waals surface area contributed by atoms with Crippen molar-refractivity contribution in [2.45, 2.75) is 27.2 Å². The highest BCUT2D eigenvalue weighted by Gasteiger charge is 2.15. The van der Waals surface area contributed by atoms with Crippen molar-refractivity contribution >= 4 is 22.4 Å². The first kappa shape index (κ1) is 13.0. The van der Waals surface area contributed by atoms with Gasteiger partial charge in [-0.05, 0) is 12.8 Å². The summed E-state index contributed by atoms with van der Waals surface area (Å²) in [6.45, 7) is 7.08. The minimum Gasteiger partial charge on any atom is -0.464 e. The number of carbonyl (C=O) groups excluding carboxylic acids is 1. The van der Waals surface area contributed by atoms with Crippen molar-refractivity contribution in [3.05, 3.63) is 10.6 Å². The molecular formula is C11H18N2O2S. The molecule has 5 heteroatoms. The van der Waals surface area contributed by atoms with Gasteiger partial charge in [-0.25, -0.2) is 9.78 Å². The number of aryl methyl sites for hydroxylation is 1. The van der Waals surface area contributed by atoms with E-state index in [0.717, 1.165) is 23.0 Å². The molecule has 1 aromatic heterocycles. The summed E-state index contributed by atoms with van der Waals surface area (Å²) >= 11 is 1.49. The topological polar surface area (TPSA) is 51.2 Å². The Morgan fingerprint density at radius 3 is 2.88 bits per heavy atom. The van der Waals surface area contributed by atoms with E-state index in [1.807, 2.05) is 6.92 Å². The van der Waals surface area contributed by atoms with Crippen LogP contribution >= 0.6 is 11.3 Å². The number of thiazole rings is 1. The molecule has 0 fully saturated rings. The Labute approximate surface area is 100 Å². The lowest BCUT2D eigenvalue weighted by Crippen LogP contribution is -2.10. The van der Waals surface area contributed by atoms with Crippen molar-refractivity contribution in [1.29, 1.82) is 0 Å². The molecule has 0 spiro atoms. The molecule has 1 rings (SSSR count). The largest absolute Gasteiger partial charge is 0.464 e. The fourth-order valence-corrected chi connectivity index (χ4v) is 1.97. The predicted octanol–water partition coefficient (Wildman–Crippen LogP) is 2.70. The Morgan fingerprint density at radius 2 is 2.31 bits per heavy atom. The van der Waals surface area contributed by atoms with Crippen molar-refractivity contribution in [3.63, 3.8) is 0 Å². The van der Waals surface area contributed by atoms with Crippen molar-refractivity contribution in [1.82, 2.24) is 4.98 Å². The number of ether oxygens (including phenoxy) is 1. The smallest absolute Gasteiger partial charge is 0.357 e. The summed E-state index contributed by atoms with van der Waals surface area (Å²) in [6, 6.07) is 0. The fraction of sp³-hybridized carbons (Fsp3) is 0.636. The molecule has 0 saturated carbocycles. The lowest BCUT2D eigenvalue weighted by Gasteiger charge is -2.07. The zero-order valence-electron chi connectivity index (χ0n) is 10.2. The van der Waals surface area contributed by atoms with E-state index in [1.54, 1.807) is 0 Å². The van der Waals surface area contributed by atoms with Gasteiger partial charge in [0.05, 0.1) is 7.11 Å². The Bertz CT molecular complexity index is 363. The van der Waals surface area contributed by atoms with E-state index < -0.39 is 0 Å². The molecule has 0 aromatic carbocycles. The Hall–Kier alpha value is -1.10. The standard InChI is InChI=1S/C11H18N2O2S/c1-5-7(2)6-12-11-13-9(8(3)16-11)10(14)15-4/h7H,5-6H2,1-4H3,(H,12,13). The summed E-state index contributed by atoms with van der Waals surface area (Å²) in [5, 5.41) is 4.03. The second kappa shape index (κ2) is 5.84. The summed E-state index contributed by atoms with van der Waals surface area (Å²) in [5.74, 6) is 0.233. The third kappa shape index (κ3) is 3.20. The lowest BCUT2D eigenvalue weighted by molar-refractivity contribution is 0.0594. The number of esters is 1. The van der Waals surface area contributed by atoms with Gasteiger partial charge in [0.15, 0.2) is 10.8 Å².